The molecule has 1 atom stereocenters. The molecule has 2 rings (SSSR count). The van der Waals surface area contributed by atoms with E-state index in [1.807, 2.05) is 17.5 Å². The van der Waals surface area contributed by atoms with Crippen LogP contribution < -0.4 is 4.72 Å². The van der Waals surface area contributed by atoms with E-state index in [0.29, 0.717) is 12.1 Å². The van der Waals surface area contributed by atoms with Crippen LogP contribution in [0, 0.1) is 0 Å². The molecule has 0 saturated heterocycles. The van der Waals surface area contributed by atoms with Gasteiger partial charge in [0, 0.05) is 31.1 Å². The number of nitrogens with zero attached hydrogens (tertiary/aromatic N) is 3. The molecule has 9 nitrogen and oxygen atoms in total. The van der Waals surface area contributed by atoms with Crippen LogP contribution in [0.5, 0.6) is 0 Å². The van der Waals surface area contributed by atoms with E-state index in [1.54, 1.807) is 11.6 Å². The molecule has 12 heteroatoms. The number of rotatable bonds is 5. The maximum Gasteiger partial charge on any atom is 0.352 e. The summed E-state index contributed by atoms with van der Waals surface area (Å²) >= 11 is 1.43. The van der Waals surface area contributed by atoms with Crippen molar-refractivity contribution < 1.29 is 21.6 Å². The average molecular weight is 395 g/mol. The molecule has 1 aromatic heterocycles. The van der Waals surface area contributed by atoms with Crippen molar-refractivity contribution in [3.8, 4) is 0 Å². The molecule has 1 aliphatic rings. The number of carbonyl (C=O) groups excluding carboxylic acids is 1. The number of nitrogens with one attached hydrogen (secondary N) is 1. The van der Waals surface area contributed by atoms with Gasteiger partial charge in [-0.25, -0.2) is 35.7 Å². The molecule has 0 radical (unpaired) electrons. The Hall–Kier alpha value is -1.50. The van der Waals surface area contributed by atoms with E-state index >= 15 is 0 Å². The molecule has 0 saturated carbocycles. The molecule has 0 spiro atoms. The zero-order chi connectivity index (χ0) is 18.1. The van der Waals surface area contributed by atoms with Crippen LogP contribution in [0.1, 0.15) is 24.3 Å². The second-order valence-electron chi connectivity index (χ2n) is 5.45. The molecule has 0 fully saturated rings. The lowest BCUT2D eigenvalue weighted by Gasteiger charge is -2.21. The molecule has 134 valence electrons. The molecule has 24 heavy (non-hydrogen) atoms. The molecule has 2 heterocycles. The summed E-state index contributed by atoms with van der Waals surface area (Å²) in [5, 5.41) is 5.74. The first-order chi connectivity index (χ1) is 11.0. The molecule has 1 aromatic rings. The van der Waals surface area contributed by atoms with Gasteiger partial charge in [0.05, 0.1) is 6.04 Å². The topological polar surface area (TPSA) is 116 Å². The summed E-state index contributed by atoms with van der Waals surface area (Å²) in [6.45, 7) is 1.74. The Balaban J connectivity index is 2.16. The zero-order valence-corrected chi connectivity index (χ0v) is 15.8. The number of thiophene rings is 1. The van der Waals surface area contributed by atoms with Crippen LogP contribution in [-0.2, 0) is 20.0 Å². The Bertz CT molecular complexity index is 843. The van der Waals surface area contributed by atoms with Gasteiger partial charge >= 0.3 is 6.03 Å². The van der Waals surface area contributed by atoms with Crippen LogP contribution in [0.15, 0.2) is 22.6 Å². The van der Waals surface area contributed by atoms with Crippen molar-refractivity contribution in [1.82, 2.24) is 14.0 Å². The van der Waals surface area contributed by atoms with E-state index in [1.165, 1.54) is 25.4 Å². The SMILES string of the molecule is CC1=NN(C(=O)NS(=O)(=O)CS(=O)(=O)N(C)C)C(c2cccs2)C1. The largest absolute Gasteiger partial charge is 0.352 e. The van der Waals surface area contributed by atoms with Crippen molar-refractivity contribution in [2.45, 2.75) is 19.4 Å². The maximum absolute atomic E-state index is 12.3. The predicted octanol–water partition coefficient (Wildman–Crippen LogP) is 0.759. The van der Waals surface area contributed by atoms with Gasteiger partial charge in [-0.3, -0.25) is 0 Å². The summed E-state index contributed by atoms with van der Waals surface area (Å²) in [4.78, 5) is 13.2. The van der Waals surface area contributed by atoms with Crippen molar-refractivity contribution in [1.29, 1.82) is 0 Å². The molecule has 1 aliphatic heterocycles. The fourth-order valence-electron chi connectivity index (χ4n) is 2.06. The minimum Gasteiger partial charge on any atom is -0.245 e. The third kappa shape index (κ3) is 4.32. The number of carbonyl (C=O) groups is 1. The number of urea groups is 1. The third-order valence-electron chi connectivity index (χ3n) is 3.25. The number of amides is 2. The van der Waals surface area contributed by atoms with Gasteiger partial charge < -0.3 is 0 Å². The monoisotopic (exact) mass is 394 g/mol. The van der Waals surface area contributed by atoms with Gasteiger partial charge in [0.2, 0.25) is 10.0 Å². The standard InChI is InChI=1S/C12H18N4O5S3/c1-9-7-10(11-5-4-6-22-11)16(13-9)12(17)14-23(18,19)8-24(20,21)15(2)3/h4-6,10H,7-8H2,1-3H3,(H,14,17). The van der Waals surface area contributed by atoms with Crippen molar-refractivity contribution in [2.75, 3.05) is 19.2 Å². The summed E-state index contributed by atoms with van der Waals surface area (Å²) in [5.74, 6) is 0. The Morgan fingerprint density at radius 1 is 1.42 bits per heavy atom. The van der Waals surface area contributed by atoms with Gasteiger partial charge in [-0.2, -0.15) is 5.10 Å². The highest BCUT2D eigenvalue weighted by molar-refractivity contribution is 8.06. The number of hydrogen-bond donors (Lipinski definition) is 1. The number of sulfonamides is 2. The van der Waals surface area contributed by atoms with Crippen LogP contribution in [0.2, 0.25) is 0 Å². The molecular weight excluding hydrogens is 376 g/mol. The van der Waals surface area contributed by atoms with E-state index in [4.69, 9.17) is 0 Å². The predicted molar refractivity (Wildman–Crippen MR) is 91.6 cm³/mol. The Morgan fingerprint density at radius 3 is 2.62 bits per heavy atom. The smallest absolute Gasteiger partial charge is 0.245 e. The van der Waals surface area contributed by atoms with Gasteiger partial charge in [-0.05, 0) is 18.4 Å². The zero-order valence-electron chi connectivity index (χ0n) is 13.3. The minimum atomic E-state index is -4.37. The average Bonchev–Trinajstić information content (AvgIpc) is 3.04. The highest BCUT2D eigenvalue weighted by atomic mass is 32.3. The normalized spacial score (nSPS) is 18.8. The summed E-state index contributed by atoms with van der Waals surface area (Å²) < 4.78 is 49.9. The fourth-order valence-corrected chi connectivity index (χ4v) is 5.88. The van der Waals surface area contributed by atoms with E-state index in [9.17, 15) is 21.6 Å². The summed E-state index contributed by atoms with van der Waals surface area (Å²) in [5.41, 5.74) is 0.682. The molecule has 0 aromatic carbocycles. The number of hydrogen-bond acceptors (Lipinski definition) is 7. The molecule has 0 bridgehead atoms. The van der Waals surface area contributed by atoms with E-state index in [0.717, 1.165) is 14.2 Å². The van der Waals surface area contributed by atoms with Crippen LogP contribution in [0.4, 0.5) is 4.79 Å². The quantitative estimate of drug-likeness (QED) is 0.791. The van der Waals surface area contributed by atoms with Gasteiger partial charge in [-0.15, -0.1) is 11.3 Å². The van der Waals surface area contributed by atoms with Gasteiger partial charge in [0.25, 0.3) is 10.0 Å². The maximum atomic E-state index is 12.3. The first-order valence-electron chi connectivity index (χ1n) is 6.83. The highest BCUT2D eigenvalue weighted by Gasteiger charge is 2.35. The van der Waals surface area contributed by atoms with E-state index in [-0.39, 0.29) is 0 Å². The lowest BCUT2D eigenvalue weighted by molar-refractivity contribution is 0.193. The van der Waals surface area contributed by atoms with Crippen LogP contribution in [-0.4, -0.2) is 57.1 Å². The molecule has 1 unspecified atom stereocenters. The first-order valence-corrected chi connectivity index (χ1v) is 11.0. The summed E-state index contributed by atoms with van der Waals surface area (Å²) in [6.07, 6.45) is 0.490. The number of hydrazone groups is 1. The van der Waals surface area contributed by atoms with E-state index in [2.05, 4.69) is 5.10 Å². The van der Waals surface area contributed by atoms with Crippen molar-refractivity contribution >= 4 is 43.1 Å². The minimum absolute atomic E-state index is 0.398. The van der Waals surface area contributed by atoms with E-state index < -0.39 is 37.2 Å². The molecular formula is C12H18N4O5S3. The van der Waals surface area contributed by atoms with Crippen molar-refractivity contribution in [3.63, 3.8) is 0 Å². The summed E-state index contributed by atoms with van der Waals surface area (Å²) in [6, 6.07) is 2.28. The van der Waals surface area contributed by atoms with Gasteiger partial charge in [-0.1, -0.05) is 6.07 Å². The molecule has 0 aliphatic carbocycles. The Labute approximate surface area is 145 Å². The van der Waals surface area contributed by atoms with Gasteiger partial charge in [0.1, 0.15) is 0 Å². The lowest BCUT2D eigenvalue weighted by Crippen LogP contribution is -2.43. The van der Waals surface area contributed by atoms with Crippen LogP contribution in [0.25, 0.3) is 0 Å². The Kier molecular flexibility index (Phi) is 5.32. The van der Waals surface area contributed by atoms with Crippen molar-refractivity contribution in [2.24, 2.45) is 5.10 Å². The first kappa shape index (κ1) is 18.8. The summed E-state index contributed by atoms with van der Waals surface area (Å²) in [7, 11) is -5.95. The van der Waals surface area contributed by atoms with Crippen LogP contribution >= 0.6 is 11.3 Å². The Morgan fingerprint density at radius 2 is 2.08 bits per heavy atom. The highest BCUT2D eigenvalue weighted by Crippen LogP contribution is 2.33. The second-order valence-corrected chi connectivity index (χ2v) is 10.7. The van der Waals surface area contributed by atoms with Gasteiger partial charge in [0.15, 0.2) is 5.08 Å². The van der Waals surface area contributed by atoms with Crippen molar-refractivity contribution in [3.05, 3.63) is 22.4 Å². The molecule has 2 amide bonds. The lowest BCUT2D eigenvalue weighted by atomic mass is 10.1. The fraction of sp³-hybridized carbons (Fsp3) is 0.500. The second kappa shape index (κ2) is 6.78. The van der Waals surface area contributed by atoms with Crippen LogP contribution in [0.3, 0.4) is 0 Å². The molecule has 1 N–H and O–H groups in total. The third-order valence-corrected chi connectivity index (χ3v) is 8.25.